The minimum Gasteiger partial charge on any atom is -0.395 e. The van der Waals surface area contributed by atoms with Gasteiger partial charge in [-0.3, -0.25) is 0 Å². The van der Waals surface area contributed by atoms with E-state index in [0.717, 1.165) is 6.54 Å². The number of nitrogens with two attached hydrogens (primary N) is 3. The van der Waals surface area contributed by atoms with Crippen LogP contribution in [0.4, 0.5) is 0 Å². The molecule has 126 valence electrons. The number of aliphatic imine (C=N–C) groups is 1. The van der Waals surface area contributed by atoms with E-state index in [1.54, 1.807) is 23.1 Å². The third-order valence-corrected chi connectivity index (χ3v) is 4.43. The number of nitrogens with one attached hydrogen (secondary N) is 1. The molecule has 23 heavy (non-hydrogen) atoms. The van der Waals surface area contributed by atoms with Crippen LogP contribution in [-0.2, 0) is 0 Å². The molecule has 0 radical (unpaired) electrons. The van der Waals surface area contributed by atoms with Gasteiger partial charge in [-0.2, -0.15) is 4.99 Å². The molecule has 7 nitrogen and oxygen atoms in total. The zero-order valence-electron chi connectivity index (χ0n) is 12.5. The topological polar surface area (TPSA) is 126 Å². The van der Waals surface area contributed by atoms with Crippen molar-refractivity contribution in [3.05, 3.63) is 39.6 Å². The van der Waals surface area contributed by atoms with Crippen molar-refractivity contribution in [1.82, 2.24) is 10.2 Å². The van der Waals surface area contributed by atoms with Crippen LogP contribution >= 0.6 is 23.2 Å². The summed E-state index contributed by atoms with van der Waals surface area (Å²) in [6.45, 7) is 1.94. The first-order valence-electron chi connectivity index (χ1n) is 7.07. The summed E-state index contributed by atoms with van der Waals surface area (Å²) in [5, 5.41) is 13.3. The molecule has 1 fully saturated rings. The lowest BCUT2D eigenvalue weighted by Gasteiger charge is -2.35. The summed E-state index contributed by atoms with van der Waals surface area (Å²) >= 11 is 12.1. The van der Waals surface area contributed by atoms with Crippen molar-refractivity contribution in [3.63, 3.8) is 0 Å². The van der Waals surface area contributed by atoms with Crippen LogP contribution in [0.1, 0.15) is 5.56 Å². The fraction of sp³-hybridized carbons (Fsp3) is 0.357. The van der Waals surface area contributed by atoms with Crippen LogP contribution in [0.25, 0.3) is 5.70 Å². The number of hydrogen-bond acceptors (Lipinski definition) is 5. The van der Waals surface area contributed by atoms with Gasteiger partial charge in [-0.25, -0.2) is 0 Å². The van der Waals surface area contributed by atoms with E-state index in [1.165, 1.54) is 0 Å². The third-order valence-electron chi connectivity index (χ3n) is 3.61. The van der Waals surface area contributed by atoms with Gasteiger partial charge in [0.2, 0.25) is 0 Å². The smallest absolute Gasteiger partial charge is 0.198 e. The fourth-order valence-electron chi connectivity index (χ4n) is 2.32. The number of benzene rings is 1. The molecule has 1 aliphatic rings. The van der Waals surface area contributed by atoms with Crippen LogP contribution in [-0.4, -0.2) is 48.2 Å². The number of piperazine rings is 1. The Labute approximate surface area is 144 Å². The highest BCUT2D eigenvalue weighted by atomic mass is 35.5. The lowest BCUT2D eigenvalue weighted by Crippen LogP contribution is -2.57. The van der Waals surface area contributed by atoms with Crippen LogP contribution in [0, 0.1) is 0 Å². The van der Waals surface area contributed by atoms with E-state index < -0.39 is 0 Å². The van der Waals surface area contributed by atoms with Crippen molar-refractivity contribution in [2.24, 2.45) is 22.2 Å². The summed E-state index contributed by atoms with van der Waals surface area (Å²) in [5.74, 6) is 0.242. The van der Waals surface area contributed by atoms with Gasteiger partial charge in [-0.1, -0.05) is 35.3 Å². The molecule has 0 amide bonds. The first-order chi connectivity index (χ1) is 11.0. The summed E-state index contributed by atoms with van der Waals surface area (Å²) < 4.78 is 0. The monoisotopic (exact) mass is 358 g/mol. The summed E-state index contributed by atoms with van der Waals surface area (Å²) in [4.78, 5) is 5.95. The Morgan fingerprint density at radius 1 is 1.35 bits per heavy atom. The molecule has 2 rings (SSSR count). The molecular formula is C14H20Cl2N6O. The Hall–Kier alpha value is -1.67. The maximum atomic E-state index is 9.41. The van der Waals surface area contributed by atoms with Gasteiger partial charge in [-0.05, 0) is 6.07 Å². The number of aliphatic hydroxyl groups excluding tert-OH is 1. The summed E-state index contributed by atoms with van der Waals surface area (Å²) in [7, 11) is 0. The zero-order chi connectivity index (χ0) is 17.0. The molecule has 0 saturated carbocycles. The second-order valence-corrected chi connectivity index (χ2v) is 5.89. The van der Waals surface area contributed by atoms with E-state index in [0.29, 0.717) is 28.7 Å². The Morgan fingerprint density at radius 2 is 2.09 bits per heavy atom. The standard InChI is InChI=1S/C14H20Cl2N6O/c15-10-3-1-2-9(11(10)16)12(17)13(18)21-14(19)22-5-4-20-6-8(22)7-23/h1-3,8,20,23H,4-7,17-18H2,(H2,19,21)/b13-12-. The molecule has 0 spiro atoms. The number of hydrogen-bond donors (Lipinski definition) is 5. The molecule has 8 N–H and O–H groups in total. The van der Waals surface area contributed by atoms with Crippen LogP contribution in [0.5, 0.6) is 0 Å². The van der Waals surface area contributed by atoms with Gasteiger partial charge in [0.25, 0.3) is 0 Å². The summed E-state index contributed by atoms with van der Waals surface area (Å²) in [6.07, 6.45) is 0. The van der Waals surface area contributed by atoms with E-state index in [2.05, 4.69) is 10.3 Å². The largest absolute Gasteiger partial charge is 0.395 e. The van der Waals surface area contributed by atoms with Gasteiger partial charge in [0.15, 0.2) is 11.8 Å². The molecule has 1 aromatic rings. The summed E-state index contributed by atoms with van der Waals surface area (Å²) in [5.41, 5.74) is 18.7. The third kappa shape index (κ3) is 4.00. The second-order valence-electron chi connectivity index (χ2n) is 5.10. The molecule has 1 aliphatic heterocycles. The molecule has 1 heterocycles. The molecule has 0 aliphatic carbocycles. The number of halogens is 2. The Morgan fingerprint density at radius 3 is 2.78 bits per heavy atom. The van der Waals surface area contributed by atoms with Crippen molar-refractivity contribution in [2.75, 3.05) is 26.2 Å². The molecular weight excluding hydrogens is 339 g/mol. The van der Waals surface area contributed by atoms with Gasteiger partial charge in [0.05, 0.1) is 28.4 Å². The minimum atomic E-state index is -0.156. The lowest BCUT2D eigenvalue weighted by molar-refractivity contribution is 0.156. The molecule has 0 bridgehead atoms. The van der Waals surface area contributed by atoms with Gasteiger partial charge < -0.3 is 32.5 Å². The maximum absolute atomic E-state index is 9.41. The van der Waals surface area contributed by atoms with Crippen molar-refractivity contribution in [3.8, 4) is 0 Å². The Bertz CT molecular complexity index is 634. The average molecular weight is 359 g/mol. The quantitative estimate of drug-likeness (QED) is 0.385. The zero-order valence-corrected chi connectivity index (χ0v) is 14.0. The highest BCUT2D eigenvalue weighted by Crippen LogP contribution is 2.29. The van der Waals surface area contributed by atoms with Gasteiger partial charge in [-0.15, -0.1) is 0 Å². The average Bonchev–Trinajstić information content (AvgIpc) is 2.56. The number of rotatable bonds is 3. The molecule has 1 atom stereocenters. The minimum absolute atomic E-state index is 0.0392. The summed E-state index contributed by atoms with van der Waals surface area (Å²) in [6, 6.07) is 4.91. The normalized spacial score (nSPS) is 20.4. The molecule has 1 saturated heterocycles. The predicted molar refractivity (Wildman–Crippen MR) is 93.8 cm³/mol. The second kappa shape index (κ2) is 7.74. The van der Waals surface area contributed by atoms with Gasteiger partial charge in [0.1, 0.15) is 0 Å². The predicted octanol–water partition coefficient (Wildman–Crippen LogP) is 0.118. The highest BCUT2D eigenvalue weighted by Gasteiger charge is 2.23. The highest BCUT2D eigenvalue weighted by molar-refractivity contribution is 6.43. The van der Waals surface area contributed by atoms with Gasteiger partial charge in [0, 0.05) is 25.2 Å². The van der Waals surface area contributed by atoms with Crippen LogP contribution < -0.4 is 22.5 Å². The van der Waals surface area contributed by atoms with Crippen molar-refractivity contribution in [1.29, 1.82) is 0 Å². The van der Waals surface area contributed by atoms with E-state index in [4.69, 9.17) is 40.4 Å². The first kappa shape index (κ1) is 17.7. The van der Waals surface area contributed by atoms with E-state index in [-0.39, 0.29) is 30.1 Å². The van der Waals surface area contributed by atoms with E-state index in [9.17, 15) is 5.11 Å². The van der Waals surface area contributed by atoms with E-state index >= 15 is 0 Å². The Balaban J connectivity index is 2.30. The SMILES string of the molecule is NC(/N=C(\N)N1CCNCC1CO)=C(/N)c1cccc(Cl)c1Cl. The fourth-order valence-corrected chi connectivity index (χ4v) is 2.73. The molecule has 9 heteroatoms. The molecule has 1 aromatic carbocycles. The van der Waals surface area contributed by atoms with Crippen LogP contribution in [0.2, 0.25) is 10.0 Å². The van der Waals surface area contributed by atoms with Crippen molar-refractivity contribution < 1.29 is 5.11 Å². The lowest BCUT2D eigenvalue weighted by atomic mass is 10.1. The van der Waals surface area contributed by atoms with Crippen LogP contribution in [0.3, 0.4) is 0 Å². The van der Waals surface area contributed by atoms with Crippen LogP contribution in [0.15, 0.2) is 29.0 Å². The molecule has 0 aromatic heterocycles. The Kier molecular flexibility index (Phi) is 5.95. The van der Waals surface area contributed by atoms with Gasteiger partial charge >= 0.3 is 0 Å². The van der Waals surface area contributed by atoms with E-state index in [1.807, 2.05) is 0 Å². The molecule has 1 unspecified atom stereocenters. The number of nitrogens with zero attached hydrogens (tertiary/aromatic N) is 2. The van der Waals surface area contributed by atoms with Crippen molar-refractivity contribution >= 4 is 34.9 Å². The maximum Gasteiger partial charge on any atom is 0.198 e. The first-order valence-corrected chi connectivity index (χ1v) is 7.83. The van der Waals surface area contributed by atoms with Crippen molar-refractivity contribution in [2.45, 2.75) is 6.04 Å². The number of guanidine groups is 1. The number of aliphatic hydroxyl groups is 1.